The van der Waals surface area contributed by atoms with Crippen LogP contribution in [-0.4, -0.2) is 49.6 Å². The van der Waals surface area contributed by atoms with Crippen LogP contribution in [-0.2, 0) is 14.6 Å². The van der Waals surface area contributed by atoms with Crippen LogP contribution in [0.15, 0.2) is 59.5 Å². The zero-order chi connectivity index (χ0) is 20.6. The molecule has 2 heterocycles. The van der Waals surface area contributed by atoms with Crippen LogP contribution in [0, 0.1) is 0 Å². The fourth-order valence-corrected chi connectivity index (χ4v) is 6.40. The molecule has 2 saturated heterocycles. The predicted octanol–water partition coefficient (Wildman–Crippen LogP) is 3.08. The Morgan fingerprint density at radius 1 is 0.897 bits per heavy atom. The molecule has 2 aromatic carbocycles. The summed E-state index contributed by atoms with van der Waals surface area (Å²) in [7, 11) is -2.10. The van der Waals surface area contributed by atoms with Crippen LogP contribution in [0.4, 0.5) is 0 Å². The van der Waals surface area contributed by atoms with Crippen LogP contribution in [0.5, 0.6) is 0 Å². The second kappa shape index (κ2) is 7.63. The van der Waals surface area contributed by atoms with Gasteiger partial charge in [-0.2, -0.15) is 0 Å². The van der Waals surface area contributed by atoms with Crippen LogP contribution in [0.3, 0.4) is 0 Å². The van der Waals surface area contributed by atoms with E-state index in [0.717, 1.165) is 12.8 Å². The lowest BCUT2D eigenvalue weighted by atomic mass is 10.0. The monoisotopic (exact) mass is 413 g/mol. The van der Waals surface area contributed by atoms with Crippen molar-refractivity contribution in [2.75, 3.05) is 7.11 Å². The first-order valence-electron chi connectivity index (χ1n) is 9.72. The molecular weight excluding hydrogens is 390 g/mol. The number of rotatable bonds is 4. The van der Waals surface area contributed by atoms with E-state index in [-0.39, 0.29) is 18.0 Å². The zero-order valence-electron chi connectivity index (χ0n) is 16.2. The first-order valence-corrected chi connectivity index (χ1v) is 11.3. The second-order valence-electron chi connectivity index (χ2n) is 7.62. The standard InChI is InChI=1S/C22H23NO5S/c1-28-22(25)16-9-7-15(8-10-16)21(24)23-17-11-12-18(23)14-20(13-17)29(26,27)19-5-3-2-4-6-19/h2-10,17-18,20H,11-14H2,1H3/t17-,18-/m1/s1. The van der Waals surface area contributed by atoms with Gasteiger partial charge in [0, 0.05) is 17.6 Å². The summed E-state index contributed by atoms with van der Waals surface area (Å²) >= 11 is 0. The fraction of sp³-hybridized carbons (Fsp3) is 0.364. The molecule has 0 spiro atoms. The number of methoxy groups -OCH3 is 1. The van der Waals surface area contributed by atoms with Crippen molar-refractivity contribution in [1.29, 1.82) is 0 Å². The number of carbonyl (C=O) groups is 2. The lowest BCUT2D eigenvalue weighted by Crippen LogP contribution is -2.49. The average molecular weight is 413 g/mol. The van der Waals surface area contributed by atoms with E-state index >= 15 is 0 Å². The number of hydrogen-bond donors (Lipinski definition) is 0. The van der Waals surface area contributed by atoms with Crippen LogP contribution in [0.25, 0.3) is 0 Å². The van der Waals surface area contributed by atoms with Crippen molar-refractivity contribution in [2.45, 2.75) is 47.9 Å². The third-order valence-electron chi connectivity index (χ3n) is 5.99. The van der Waals surface area contributed by atoms with Gasteiger partial charge in [-0.1, -0.05) is 18.2 Å². The molecule has 6 nitrogen and oxygen atoms in total. The number of carbonyl (C=O) groups excluding carboxylic acids is 2. The summed E-state index contributed by atoms with van der Waals surface area (Å²) in [6.45, 7) is 0. The zero-order valence-corrected chi connectivity index (χ0v) is 17.0. The SMILES string of the molecule is COC(=O)c1ccc(C(=O)N2[C@@H]3CC[C@@H]2CC(S(=O)(=O)c2ccccc2)C3)cc1. The number of fused-ring (bicyclic) bond motifs is 2. The minimum Gasteiger partial charge on any atom is -0.465 e. The Morgan fingerprint density at radius 2 is 1.45 bits per heavy atom. The van der Waals surface area contributed by atoms with Gasteiger partial charge in [0.15, 0.2) is 9.84 Å². The van der Waals surface area contributed by atoms with Gasteiger partial charge in [-0.3, -0.25) is 4.79 Å². The highest BCUT2D eigenvalue weighted by Crippen LogP contribution is 2.40. The largest absolute Gasteiger partial charge is 0.465 e. The Bertz CT molecular complexity index is 1000. The summed E-state index contributed by atoms with van der Waals surface area (Å²) in [6.07, 6.45) is 2.55. The van der Waals surface area contributed by atoms with Crippen molar-refractivity contribution in [1.82, 2.24) is 4.90 Å². The molecule has 2 bridgehead atoms. The molecule has 0 unspecified atom stereocenters. The van der Waals surface area contributed by atoms with Gasteiger partial charge < -0.3 is 9.64 Å². The highest BCUT2D eigenvalue weighted by Gasteiger charge is 2.47. The van der Waals surface area contributed by atoms with Gasteiger partial charge in [-0.25, -0.2) is 13.2 Å². The molecule has 2 fully saturated rings. The molecule has 7 heteroatoms. The summed E-state index contributed by atoms with van der Waals surface area (Å²) in [6, 6.07) is 14.8. The van der Waals surface area contributed by atoms with Gasteiger partial charge in [0.2, 0.25) is 0 Å². The van der Waals surface area contributed by atoms with E-state index in [1.807, 2.05) is 4.90 Å². The Kier molecular flexibility index (Phi) is 5.17. The van der Waals surface area contributed by atoms with E-state index in [1.165, 1.54) is 7.11 Å². The van der Waals surface area contributed by atoms with Gasteiger partial charge in [0.25, 0.3) is 5.91 Å². The second-order valence-corrected chi connectivity index (χ2v) is 9.85. The lowest BCUT2D eigenvalue weighted by molar-refractivity contribution is 0.0586. The number of esters is 1. The molecule has 2 aliphatic rings. The van der Waals surface area contributed by atoms with Crippen LogP contribution >= 0.6 is 0 Å². The van der Waals surface area contributed by atoms with Crippen LogP contribution < -0.4 is 0 Å². The molecule has 0 aromatic heterocycles. The van der Waals surface area contributed by atoms with E-state index in [1.54, 1.807) is 54.6 Å². The highest BCUT2D eigenvalue weighted by molar-refractivity contribution is 7.92. The molecule has 4 rings (SSSR count). The summed E-state index contributed by atoms with van der Waals surface area (Å²) in [5, 5.41) is -0.465. The number of piperidine rings is 1. The first kappa shape index (κ1) is 19.6. The van der Waals surface area contributed by atoms with Crippen molar-refractivity contribution in [3.05, 3.63) is 65.7 Å². The maximum absolute atomic E-state index is 13.1. The van der Waals surface area contributed by atoms with E-state index in [0.29, 0.717) is 28.9 Å². The van der Waals surface area contributed by atoms with E-state index in [2.05, 4.69) is 4.74 Å². The van der Waals surface area contributed by atoms with Crippen molar-refractivity contribution >= 4 is 21.7 Å². The summed E-state index contributed by atoms with van der Waals surface area (Å²) in [4.78, 5) is 26.9. The molecule has 0 saturated carbocycles. The maximum Gasteiger partial charge on any atom is 0.337 e. The van der Waals surface area contributed by atoms with Gasteiger partial charge in [0.05, 0.1) is 22.8 Å². The van der Waals surface area contributed by atoms with Gasteiger partial charge in [-0.05, 0) is 62.1 Å². The van der Waals surface area contributed by atoms with Crippen molar-refractivity contribution in [3.8, 4) is 0 Å². The molecule has 0 N–H and O–H groups in total. The minimum atomic E-state index is -3.41. The highest BCUT2D eigenvalue weighted by atomic mass is 32.2. The van der Waals surface area contributed by atoms with Crippen molar-refractivity contribution in [3.63, 3.8) is 0 Å². The normalized spacial score (nSPS) is 23.6. The number of amides is 1. The molecule has 2 aromatic rings. The summed E-state index contributed by atoms with van der Waals surface area (Å²) < 4.78 is 30.8. The number of sulfone groups is 1. The summed E-state index contributed by atoms with van der Waals surface area (Å²) in [5.74, 6) is -0.555. The van der Waals surface area contributed by atoms with Gasteiger partial charge in [0.1, 0.15) is 0 Å². The predicted molar refractivity (Wildman–Crippen MR) is 107 cm³/mol. The lowest BCUT2D eigenvalue weighted by Gasteiger charge is -2.38. The van der Waals surface area contributed by atoms with Crippen molar-refractivity contribution in [2.24, 2.45) is 0 Å². The maximum atomic E-state index is 13.1. The Morgan fingerprint density at radius 3 is 2.00 bits per heavy atom. The topological polar surface area (TPSA) is 80.8 Å². The molecule has 1 amide bonds. The van der Waals surface area contributed by atoms with E-state index in [9.17, 15) is 18.0 Å². The van der Waals surface area contributed by atoms with E-state index in [4.69, 9.17) is 0 Å². The van der Waals surface area contributed by atoms with Gasteiger partial charge >= 0.3 is 5.97 Å². The fourth-order valence-electron chi connectivity index (χ4n) is 4.53. The number of benzene rings is 2. The number of hydrogen-bond acceptors (Lipinski definition) is 5. The minimum absolute atomic E-state index is 0.0787. The molecular formula is C22H23NO5S. The number of nitrogens with zero attached hydrogens (tertiary/aromatic N) is 1. The molecule has 2 aliphatic heterocycles. The molecule has 0 radical (unpaired) electrons. The molecule has 29 heavy (non-hydrogen) atoms. The third-order valence-corrected chi connectivity index (χ3v) is 8.18. The molecule has 2 atom stereocenters. The van der Waals surface area contributed by atoms with Crippen molar-refractivity contribution < 1.29 is 22.7 Å². The Labute approximate surface area is 170 Å². The van der Waals surface area contributed by atoms with Gasteiger partial charge in [-0.15, -0.1) is 0 Å². The Balaban J connectivity index is 1.52. The average Bonchev–Trinajstić information content (AvgIpc) is 3.02. The smallest absolute Gasteiger partial charge is 0.337 e. The number of ether oxygens (including phenoxy) is 1. The van der Waals surface area contributed by atoms with Crippen LogP contribution in [0.1, 0.15) is 46.4 Å². The quantitative estimate of drug-likeness (QED) is 0.720. The first-order chi connectivity index (χ1) is 13.9. The van der Waals surface area contributed by atoms with Crippen LogP contribution in [0.2, 0.25) is 0 Å². The molecule has 152 valence electrons. The summed E-state index contributed by atoms with van der Waals surface area (Å²) in [5.41, 5.74) is 0.888. The van der Waals surface area contributed by atoms with E-state index < -0.39 is 21.1 Å². The Hall–Kier alpha value is -2.67. The molecule has 0 aliphatic carbocycles. The third kappa shape index (κ3) is 3.55.